The molecular formula is C20H22ClN3O3S. The van der Waals surface area contributed by atoms with Crippen LogP contribution in [0.1, 0.15) is 17.5 Å². The monoisotopic (exact) mass is 419 g/mol. The van der Waals surface area contributed by atoms with Crippen LogP contribution in [0.4, 0.5) is 0 Å². The van der Waals surface area contributed by atoms with Crippen molar-refractivity contribution in [2.45, 2.75) is 36.5 Å². The van der Waals surface area contributed by atoms with E-state index in [2.05, 4.69) is 46.8 Å². The summed E-state index contributed by atoms with van der Waals surface area (Å²) in [6, 6.07) is 16.9. The summed E-state index contributed by atoms with van der Waals surface area (Å²) < 4.78 is 2.14. The molecule has 0 radical (unpaired) electrons. The number of nitrogens with zero attached hydrogens (tertiary/aromatic N) is 3. The molecule has 1 atom stereocenters. The maximum atomic E-state index is 8.36. The lowest BCUT2D eigenvalue weighted by Gasteiger charge is -2.18. The SMILES string of the molecule is Cc1ccc(CCC(Cn2ccnc2)Sc2ccccc2Cl)cc1.O=[N+]([O-])O. The molecule has 3 rings (SSSR count). The van der Waals surface area contributed by atoms with E-state index in [4.69, 9.17) is 26.9 Å². The molecule has 0 aliphatic heterocycles. The van der Waals surface area contributed by atoms with Crippen LogP contribution in [0, 0.1) is 17.0 Å². The van der Waals surface area contributed by atoms with Gasteiger partial charge in [0.1, 0.15) is 0 Å². The highest BCUT2D eigenvalue weighted by Crippen LogP contribution is 2.32. The van der Waals surface area contributed by atoms with Gasteiger partial charge in [0.05, 0.1) is 11.3 Å². The Bertz CT molecular complexity index is 853. The molecule has 8 heteroatoms. The summed E-state index contributed by atoms with van der Waals surface area (Å²) in [5.74, 6) is 0. The molecular weight excluding hydrogens is 398 g/mol. The van der Waals surface area contributed by atoms with Crippen molar-refractivity contribution in [3.63, 3.8) is 0 Å². The molecule has 2 aromatic carbocycles. The second-order valence-electron chi connectivity index (χ2n) is 6.19. The van der Waals surface area contributed by atoms with Gasteiger partial charge in [-0.05, 0) is 37.5 Å². The summed E-state index contributed by atoms with van der Waals surface area (Å²) in [6.45, 7) is 3.06. The van der Waals surface area contributed by atoms with Crippen molar-refractivity contribution in [3.05, 3.63) is 93.5 Å². The van der Waals surface area contributed by atoms with E-state index >= 15 is 0 Å². The van der Waals surface area contributed by atoms with Gasteiger partial charge >= 0.3 is 0 Å². The minimum atomic E-state index is -1.50. The largest absolute Gasteiger partial charge is 0.336 e. The first-order valence-electron chi connectivity index (χ1n) is 8.70. The average Bonchev–Trinajstić information content (AvgIpc) is 3.15. The molecule has 28 heavy (non-hydrogen) atoms. The maximum absolute atomic E-state index is 8.36. The zero-order valence-corrected chi connectivity index (χ0v) is 17.0. The van der Waals surface area contributed by atoms with Gasteiger partial charge in [0.25, 0.3) is 5.09 Å². The Morgan fingerprint density at radius 2 is 1.93 bits per heavy atom. The van der Waals surface area contributed by atoms with Gasteiger partial charge in [-0.2, -0.15) is 0 Å². The summed E-state index contributed by atoms with van der Waals surface area (Å²) in [5, 5.41) is 14.9. The highest BCUT2D eigenvalue weighted by Gasteiger charge is 2.13. The van der Waals surface area contributed by atoms with Gasteiger partial charge in [0, 0.05) is 29.1 Å². The third-order valence-electron chi connectivity index (χ3n) is 3.98. The Kier molecular flexibility index (Phi) is 8.84. The van der Waals surface area contributed by atoms with Crippen LogP contribution in [-0.2, 0) is 13.0 Å². The van der Waals surface area contributed by atoms with E-state index in [9.17, 15) is 0 Å². The van der Waals surface area contributed by atoms with Gasteiger partial charge in [-0.1, -0.05) is 53.6 Å². The summed E-state index contributed by atoms with van der Waals surface area (Å²) >= 11 is 8.20. The first kappa shape index (κ1) is 21.8. The molecule has 6 nitrogen and oxygen atoms in total. The Balaban J connectivity index is 0.000000640. The third kappa shape index (κ3) is 8.02. The van der Waals surface area contributed by atoms with E-state index in [-0.39, 0.29) is 0 Å². The van der Waals surface area contributed by atoms with Gasteiger partial charge in [0.15, 0.2) is 0 Å². The van der Waals surface area contributed by atoms with Gasteiger partial charge in [-0.15, -0.1) is 21.9 Å². The fraction of sp³-hybridized carbons (Fsp3) is 0.250. The Labute approximate surface area is 173 Å². The summed E-state index contributed by atoms with van der Waals surface area (Å²) in [7, 11) is 0. The van der Waals surface area contributed by atoms with Gasteiger partial charge in [-0.3, -0.25) is 0 Å². The topological polar surface area (TPSA) is 81.2 Å². The number of imidazole rings is 1. The van der Waals surface area contributed by atoms with Crippen molar-refractivity contribution in [1.29, 1.82) is 0 Å². The van der Waals surface area contributed by atoms with E-state index in [1.165, 1.54) is 11.1 Å². The molecule has 1 heterocycles. The highest BCUT2D eigenvalue weighted by molar-refractivity contribution is 8.00. The average molecular weight is 420 g/mol. The van der Waals surface area contributed by atoms with E-state index in [0.717, 1.165) is 29.3 Å². The predicted molar refractivity (Wildman–Crippen MR) is 112 cm³/mol. The third-order valence-corrected chi connectivity index (χ3v) is 5.75. The number of hydrogen-bond donors (Lipinski definition) is 1. The van der Waals surface area contributed by atoms with E-state index < -0.39 is 5.09 Å². The molecule has 0 fully saturated rings. The van der Waals surface area contributed by atoms with Gasteiger partial charge in [0.2, 0.25) is 0 Å². The van der Waals surface area contributed by atoms with Crippen LogP contribution in [0.5, 0.6) is 0 Å². The van der Waals surface area contributed by atoms with Crippen molar-refractivity contribution in [2.24, 2.45) is 0 Å². The zero-order valence-electron chi connectivity index (χ0n) is 15.4. The van der Waals surface area contributed by atoms with Crippen molar-refractivity contribution in [1.82, 2.24) is 9.55 Å². The lowest BCUT2D eigenvalue weighted by atomic mass is 10.1. The second kappa shape index (κ2) is 11.4. The summed E-state index contributed by atoms with van der Waals surface area (Å²) in [5.41, 5.74) is 2.69. The zero-order chi connectivity index (χ0) is 20.4. The van der Waals surface area contributed by atoms with Crippen LogP contribution >= 0.6 is 23.4 Å². The van der Waals surface area contributed by atoms with Crippen molar-refractivity contribution >= 4 is 23.4 Å². The van der Waals surface area contributed by atoms with Crippen LogP contribution in [0.3, 0.4) is 0 Å². The standard InChI is InChI=1S/C20H21ClN2S.HNO3/c1-16-6-8-17(9-7-16)10-11-18(14-23-13-12-22-15-23)24-20-5-3-2-4-19(20)21;2-1(3)4/h2-9,12-13,15,18H,10-11,14H2,1H3;(H,2,3,4). The maximum Gasteiger partial charge on any atom is 0.291 e. The predicted octanol–water partition coefficient (Wildman–Crippen LogP) is 5.29. The number of aryl methyl sites for hydroxylation is 2. The van der Waals surface area contributed by atoms with E-state index in [1.54, 1.807) is 0 Å². The van der Waals surface area contributed by atoms with E-state index in [1.807, 2.05) is 48.7 Å². The number of benzene rings is 2. The Morgan fingerprint density at radius 1 is 1.25 bits per heavy atom. The number of hydrogen-bond acceptors (Lipinski definition) is 4. The quantitative estimate of drug-likeness (QED) is 0.319. The highest BCUT2D eigenvalue weighted by atomic mass is 35.5. The number of rotatable bonds is 7. The normalized spacial score (nSPS) is 11.4. The van der Waals surface area contributed by atoms with Crippen LogP contribution in [0.2, 0.25) is 5.02 Å². The lowest BCUT2D eigenvalue weighted by molar-refractivity contribution is -0.742. The molecule has 0 bridgehead atoms. The first-order chi connectivity index (χ1) is 13.4. The van der Waals surface area contributed by atoms with Crippen molar-refractivity contribution < 1.29 is 10.3 Å². The molecule has 1 N–H and O–H groups in total. The smallest absolute Gasteiger partial charge is 0.291 e. The Morgan fingerprint density at radius 3 is 2.54 bits per heavy atom. The lowest BCUT2D eigenvalue weighted by Crippen LogP contribution is -2.13. The minimum Gasteiger partial charge on any atom is -0.336 e. The summed E-state index contributed by atoms with van der Waals surface area (Å²) in [6.07, 6.45) is 7.89. The van der Waals surface area contributed by atoms with Gasteiger partial charge in [-0.25, -0.2) is 4.98 Å². The molecule has 0 aliphatic carbocycles. The molecule has 1 unspecified atom stereocenters. The van der Waals surface area contributed by atoms with Gasteiger partial charge < -0.3 is 9.77 Å². The second-order valence-corrected chi connectivity index (χ2v) is 7.94. The van der Waals surface area contributed by atoms with Crippen LogP contribution < -0.4 is 0 Å². The molecule has 0 aliphatic rings. The first-order valence-corrected chi connectivity index (χ1v) is 9.95. The van der Waals surface area contributed by atoms with Crippen LogP contribution in [0.15, 0.2) is 72.1 Å². The Hall–Kier alpha value is -2.51. The fourth-order valence-corrected chi connectivity index (χ4v) is 4.07. The molecule has 0 saturated carbocycles. The summed E-state index contributed by atoms with van der Waals surface area (Å²) in [4.78, 5) is 13.7. The number of aromatic nitrogens is 2. The molecule has 0 spiro atoms. The van der Waals surface area contributed by atoms with Crippen LogP contribution in [0.25, 0.3) is 0 Å². The van der Waals surface area contributed by atoms with Crippen molar-refractivity contribution in [2.75, 3.05) is 0 Å². The van der Waals surface area contributed by atoms with Crippen LogP contribution in [-0.4, -0.2) is 25.1 Å². The fourth-order valence-electron chi connectivity index (χ4n) is 2.62. The molecule has 0 saturated heterocycles. The molecule has 3 aromatic rings. The van der Waals surface area contributed by atoms with E-state index in [0.29, 0.717) is 5.25 Å². The number of halogens is 1. The van der Waals surface area contributed by atoms with Crippen molar-refractivity contribution in [3.8, 4) is 0 Å². The molecule has 0 amide bonds. The molecule has 148 valence electrons. The number of thioether (sulfide) groups is 1. The minimum absolute atomic E-state index is 0.445. The molecule has 1 aromatic heterocycles.